The smallest absolute Gasteiger partial charge is 0.252 e. The molecule has 172 valence electrons. The highest BCUT2D eigenvalue weighted by atomic mass is 19.1. The van der Waals surface area contributed by atoms with Crippen LogP contribution in [0.3, 0.4) is 0 Å². The van der Waals surface area contributed by atoms with E-state index in [0.717, 1.165) is 6.07 Å². The van der Waals surface area contributed by atoms with Gasteiger partial charge in [-0.15, -0.1) is 0 Å². The van der Waals surface area contributed by atoms with Crippen molar-refractivity contribution in [1.29, 1.82) is 5.26 Å². The summed E-state index contributed by atoms with van der Waals surface area (Å²) in [5.41, 5.74) is 2.61. The van der Waals surface area contributed by atoms with Crippen molar-refractivity contribution in [1.82, 2.24) is 14.5 Å². The number of benzene rings is 1. The fourth-order valence-corrected chi connectivity index (χ4v) is 4.92. The predicted molar refractivity (Wildman–Crippen MR) is 124 cm³/mol. The van der Waals surface area contributed by atoms with E-state index in [-0.39, 0.29) is 23.7 Å². The van der Waals surface area contributed by atoms with E-state index in [9.17, 15) is 18.8 Å². The molecule has 1 fully saturated rings. The van der Waals surface area contributed by atoms with E-state index >= 15 is 0 Å². The van der Waals surface area contributed by atoms with Crippen molar-refractivity contribution in [3.8, 4) is 6.07 Å². The Morgan fingerprint density at radius 1 is 1.15 bits per heavy atom. The molecule has 3 atom stereocenters. The second-order valence-electron chi connectivity index (χ2n) is 8.74. The number of aromatic nitrogens is 2. The summed E-state index contributed by atoms with van der Waals surface area (Å²) >= 11 is 0. The molecule has 8 heteroatoms. The number of rotatable bonds is 4. The zero-order valence-corrected chi connectivity index (χ0v) is 19.2. The van der Waals surface area contributed by atoms with Crippen LogP contribution in [0.1, 0.15) is 44.5 Å². The average Bonchev–Trinajstić information content (AvgIpc) is 2.79. The van der Waals surface area contributed by atoms with Crippen molar-refractivity contribution in [2.45, 2.75) is 45.3 Å². The summed E-state index contributed by atoms with van der Waals surface area (Å²) in [6.45, 7) is 7.36. The topological polar surface area (TPSA) is 65.2 Å². The molecular formula is C25H27F2N5O. The summed E-state index contributed by atoms with van der Waals surface area (Å²) < 4.78 is 29.6. The van der Waals surface area contributed by atoms with Gasteiger partial charge in [-0.25, -0.2) is 13.8 Å². The third-order valence-corrected chi connectivity index (χ3v) is 6.64. The van der Waals surface area contributed by atoms with E-state index in [4.69, 9.17) is 0 Å². The Hall–Kier alpha value is -3.31. The molecule has 33 heavy (non-hydrogen) atoms. The third kappa shape index (κ3) is 4.09. The van der Waals surface area contributed by atoms with Gasteiger partial charge >= 0.3 is 0 Å². The number of halogens is 2. The Bertz CT molecular complexity index is 1300. The van der Waals surface area contributed by atoms with Gasteiger partial charge in [0.25, 0.3) is 5.56 Å². The Balaban J connectivity index is 1.72. The van der Waals surface area contributed by atoms with E-state index < -0.39 is 11.6 Å². The highest BCUT2D eigenvalue weighted by Gasteiger charge is 2.35. The monoisotopic (exact) mass is 451 g/mol. The molecule has 2 unspecified atom stereocenters. The molecule has 0 N–H and O–H groups in total. The number of nitriles is 1. The summed E-state index contributed by atoms with van der Waals surface area (Å²) in [7, 11) is 1.69. The van der Waals surface area contributed by atoms with Gasteiger partial charge in [0, 0.05) is 56.0 Å². The summed E-state index contributed by atoms with van der Waals surface area (Å²) in [5.74, 6) is -1.12. The third-order valence-electron chi connectivity index (χ3n) is 6.64. The fourth-order valence-electron chi connectivity index (χ4n) is 4.92. The maximum absolute atomic E-state index is 14.6. The lowest BCUT2D eigenvalue weighted by Gasteiger charge is -2.48. The van der Waals surface area contributed by atoms with Gasteiger partial charge in [-0.1, -0.05) is 13.0 Å². The predicted octanol–water partition coefficient (Wildman–Crippen LogP) is 4.13. The first-order chi connectivity index (χ1) is 15.7. The minimum absolute atomic E-state index is 0.00149. The minimum atomic E-state index is -0.584. The fraction of sp³-hybridized carbons (Fsp3) is 0.400. The van der Waals surface area contributed by atoms with Crippen molar-refractivity contribution in [2.75, 3.05) is 18.0 Å². The highest BCUT2D eigenvalue weighted by Crippen LogP contribution is 2.34. The first-order valence-electron chi connectivity index (χ1n) is 11.1. The van der Waals surface area contributed by atoms with Gasteiger partial charge < -0.3 is 9.47 Å². The van der Waals surface area contributed by atoms with Crippen LogP contribution in [0.2, 0.25) is 0 Å². The van der Waals surface area contributed by atoms with E-state index in [2.05, 4.69) is 34.7 Å². The molecule has 0 amide bonds. The van der Waals surface area contributed by atoms with E-state index in [1.807, 2.05) is 6.92 Å². The first kappa shape index (κ1) is 22.9. The molecule has 3 heterocycles. The number of piperazine rings is 1. The molecule has 3 aromatic rings. The Kier molecular flexibility index (Phi) is 6.17. The molecule has 1 aliphatic rings. The van der Waals surface area contributed by atoms with Crippen molar-refractivity contribution in [3.05, 3.63) is 69.6 Å². The average molecular weight is 452 g/mol. The van der Waals surface area contributed by atoms with Gasteiger partial charge in [0.15, 0.2) is 0 Å². The van der Waals surface area contributed by atoms with Gasteiger partial charge in [-0.3, -0.25) is 9.69 Å². The Morgan fingerprint density at radius 3 is 2.58 bits per heavy atom. The summed E-state index contributed by atoms with van der Waals surface area (Å²) in [5, 5.41) is 9.33. The summed E-state index contributed by atoms with van der Waals surface area (Å²) in [4.78, 5) is 21.6. The van der Waals surface area contributed by atoms with Crippen LogP contribution in [0.4, 0.5) is 14.5 Å². The maximum Gasteiger partial charge on any atom is 0.252 e. The van der Waals surface area contributed by atoms with Gasteiger partial charge in [-0.2, -0.15) is 5.26 Å². The zero-order chi connectivity index (χ0) is 23.9. The van der Waals surface area contributed by atoms with Crippen molar-refractivity contribution in [3.63, 3.8) is 0 Å². The molecule has 0 aliphatic carbocycles. The molecule has 0 bridgehead atoms. The van der Waals surface area contributed by atoms with Crippen LogP contribution in [0.15, 0.2) is 41.2 Å². The van der Waals surface area contributed by atoms with E-state index in [1.165, 1.54) is 16.7 Å². The number of hydrogen-bond donors (Lipinski definition) is 0. The molecule has 1 aliphatic heterocycles. The summed E-state index contributed by atoms with van der Waals surface area (Å²) in [6, 6.07) is 10.6. The van der Waals surface area contributed by atoms with Gasteiger partial charge in [-0.05, 0) is 38.5 Å². The molecule has 6 nitrogen and oxygen atoms in total. The van der Waals surface area contributed by atoms with Gasteiger partial charge in [0.2, 0.25) is 0 Å². The molecule has 0 saturated carbocycles. The molecule has 1 saturated heterocycles. The molecule has 4 rings (SSSR count). The first-order valence-corrected chi connectivity index (χ1v) is 11.1. The van der Waals surface area contributed by atoms with Crippen molar-refractivity contribution >= 4 is 16.7 Å². The van der Waals surface area contributed by atoms with E-state index in [1.54, 1.807) is 25.2 Å². The SMILES string of the molecule is CCC(c1ccc(F)cc1F)N1C[C@H](C)N(c2cc(=O)n(C)c3ccc(C#N)nc23)CC1C. The maximum atomic E-state index is 14.6. The molecule has 0 radical (unpaired) electrons. The van der Waals surface area contributed by atoms with Crippen LogP contribution < -0.4 is 10.5 Å². The zero-order valence-electron chi connectivity index (χ0n) is 19.2. The number of pyridine rings is 2. The van der Waals surface area contributed by atoms with Crippen LogP contribution in [-0.4, -0.2) is 39.6 Å². The molecule has 2 aromatic heterocycles. The molecular weight excluding hydrogens is 424 g/mol. The second kappa shape index (κ2) is 8.91. The molecule has 0 spiro atoms. The lowest BCUT2D eigenvalue weighted by molar-refractivity contribution is 0.105. The summed E-state index contributed by atoms with van der Waals surface area (Å²) in [6.07, 6.45) is 0.682. The van der Waals surface area contributed by atoms with Crippen molar-refractivity contribution in [2.24, 2.45) is 7.05 Å². The largest absolute Gasteiger partial charge is 0.364 e. The minimum Gasteiger partial charge on any atom is -0.364 e. The van der Waals surface area contributed by atoms with Gasteiger partial charge in [0.1, 0.15) is 28.9 Å². The highest BCUT2D eigenvalue weighted by molar-refractivity contribution is 5.89. The van der Waals surface area contributed by atoms with Crippen LogP contribution in [0.25, 0.3) is 11.0 Å². The quantitative estimate of drug-likeness (QED) is 0.597. The standard InChI is InChI=1S/C25H27F2N5O/c1-5-21(19-8-6-17(26)10-20(19)27)31-13-16(3)32(14-15(31)2)23-11-24(33)30(4)22-9-7-18(12-28)29-25(22)23/h6-11,15-16,21H,5,13-14H2,1-4H3/t15?,16-,21?/m0/s1. The number of nitrogens with zero attached hydrogens (tertiary/aromatic N) is 5. The lowest BCUT2D eigenvalue weighted by atomic mass is 9.97. The number of fused-ring (bicyclic) bond motifs is 1. The Morgan fingerprint density at radius 2 is 1.91 bits per heavy atom. The second-order valence-corrected chi connectivity index (χ2v) is 8.74. The normalized spacial score (nSPS) is 20.1. The van der Waals surface area contributed by atoms with Crippen molar-refractivity contribution < 1.29 is 8.78 Å². The van der Waals surface area contributed by atoms with Crippen LogP contribution >= 0.6 is 0 Å². The van der Waals surface area contributed by atoms with Crippen LogP contribution in [0.5, 0.6) is 0 Å². The van der Waals surface area contributed by atoms with Crippen LogP contribution in [0, 0.1) is 23.0 Å². The number of hydrogen-bond acceptors (Lipinski definition) is 5. The lowest BCUT2D eigenvalue weighted by Crippen LogP contribution is -2.57. The van der Waals surface area contributed by atoms with E-state index in [0.29, 0.717) is 47.5 Å². The van der Waals surface area contributed by atoms with Gasteiger partial charge in [0.05, 0.1) is 11.2 Å². The van der Waals surface area contributed by atoms with Crippen LogP contribution in [-0.2, 0) is 7.05 Å². The molecule has 1 aromatic carbocycles. The number of aryl methyl sites for hydroxylation is 1. The number of anilines is 1. The Labute approximate surface area is 191 Å².